The highest BCUT2D eigenvalue weighted by Gasteiger charge is 2.11. The molecule has 0 atom stereocenters. The van der Waals surface area contributed by atoms with Crippen molar-refractivity contribution < 1.29 is 0 Å². The summed E-state index contributed by atoms with van der Waals surface area (Å²) < 4.78 is 1.90. The summed E-state index contributed by atoms with van der Waals surface area (Å²) in [4.78, 5) is 0. The van der Waals surface area contributed by atoms with Crippen LogP contribution >= 0.6 is 11.6 Å². The van der Waals surface area contributed by atoms with Gasteiger partial charge >= 0.3 is 0 Å². The number of hydrogen-bond donors (Lipinski definition) is 0. The van der Waals surface area contributed by atoms with E-state index in [1.165, 1.54) is 0 Å². The van der Waals surface area contributed by atoms with E-state index in [2.05, 4.69) is 23.3 Å². The Hall–Kier alpha value is -2.06. The van der Waals surface area contributed by atoms with Crippen LogP contribution in [0.5, 0.6) is 0 Å². The minimum atomic E-state index is 0.697. The van der Waals surface area contributed by atoms with Crippen molar-refractivity contribution in [3.8, 4) is 16.9 Å². The lowest BCUT2D eigenvalue weighted by Gasteiger charge is -2.09. The number of para-hydroxylation sites is 1. The second-order valence-corrected chi connectivity index (χ2v) is 4.81. The van der Waals surface area contributed by atoms with Crippen LogP contribution in [0.3, 0.4) is 0 Å². The molecule has 0 saturated heterocycles. The summed E-state index contributed by atoms with van der Waals surface area (Å²) in [5, 5.41) is 5.25. The van der Waals surface area contributed by atoms with Gasteiger partial charge in [0.05, 0.1) is 22.1 Å². The summed E-state index contributed by atoms with van der Waals surface area (Å²) in [6.07, 6.45) is 0. The quantitative estimate of drug-likeness (QED) is 0.669. The maximum atomic E-state index is 6.27. The monoisotopic (exact) mass is 268 g/mol. The molecule has 0 radical (unpaired) electrons. The van der Waals surface area contributed by atoms with Crippen molar-refractivity contribution >= 4 is 11.6 Å². The molecule has 0 aliphatic heterocycles. The third-order valence-corrected chi connectivity index (χ3v) is 3.30. The molecule has 0 spiro atoms. The number of halogens is 1. The van der Waals surface area contributed by atoms with Gasteiger partial charge in [-0.05, 0) is 25.1 Å². The van der Waals surface area contributed by atoms with Gasteiger partial charge in [0.2, 0.25) is 0 Å². The normalized spacial score (nSPS) is 10.6. The van der Waals surface area contributed by atoms with Crippen molar-refractivity contribution in [3.05, 3.63) is 71.4 Å². The lowest BCUT2D eigenvalue weighted by molar-refractivity contribution is 0.869. The standard InChI is InChI=1S/C16H13ClN2/c1-12-11-16(13-7-3-2-4-8-13)19(18-12)15-10-6-5-9-14(15)17/h2-11H,1H3. The minimum absolute atomic E-state index is 0.697. The smallest absolute Gasteiger partial charge is 0.0839 e. The Bertz CT molecular complexity index is 702. The highest BCUT2D eigenvalue weighted by Crippen LogP contribution is 2.27. The molecule has 2 aromatic carbocycles. The number of nitrogens with zero attached hydrogens (tertiary/aromatic N) is 2. The average Bonchev–Trinajstić information content (AvgIpc) is 2.82. The van der Waals surface area contributed by atoms with E-state index in [1.807, 2.05) is 54.1 Å². The van der Waals surface area contributed by atoms with Crippen LogP contribution < -0.4 is 0 Å². The van der Waals surface area contributed by atoms with Crippen molar-refractivity contribution in [1.82, 2.24) is 9.78 Å². The first-order valence-electron chi connectivity index (χ1n) is 6.13. The molecule has 0 fully saturated rings. The van der Waals surface area contributed by atoms with Crippen molar-refractivity contribution in [1.29, 1.82) is 0 Å². The molecule has 94 valence electrons. The molecule has 0 N–H and O–H groups in total. The SMILES string of the molecule is Cc1cc(-c2ccccc2)n(-c2ccccc2Cl)n1. The van der Waals surface area contributed by atoms with Crippen LogP contribution in [0.15, 0.2) is 60.7 Å². The second-order valence-electron chi connectivity index (χ2n) is 4.40. The fourth-order valence-corrected chi connectivity index (χ4v) is 2.34. The largest absolute Gasteiger partial charge is 0.231 e. The van der Waals surface area contributed by atoms with Gasteiger partial charge in [0.15, 0.2) is 0 Å². The molecule has 3 rings (SSSR count). The van der Waals surface area contributed by atoms with Crippen molar-refractivity contribution in [2.24, 2.45) is 0 Å². The Kier molecular flexibility index (Phi) is 3.10. The van der Waals surface area contributed by atoms with Crippen LogP contribution in [-0.2, 0) is 0 Å². The highest BCUT2D eigenvalue weighted by atomic mass is 35.5. The lowest BCUT2D eigenvalue weighted by Crippen LogP contribution is -1.99. The molecule has 0 unspecified atom stereocenters. The van der Waals surface area contributed by atoms with E-state index in [0.717, 1.165) is 22.6 Å². The zero-order chi connectivity index (χ0) is 13.2. The predicted octanol–water partition coefficient (Wildman–Crippen LogP) is 4.50. The van der Waals surface area contributed by atoms with Crippen LogP contribution in [0.4, 0.5) is 0 Å². The molecular formula is C16H13ClN2. The lowest BCUT2D eigenvalue weighted by atomic mass is 10.1. The van der Waals surface area contributed by atoms with Crippen LogP contribution in [-0.4, -0.2) is 9.78 Å². The van der Waals surface area contributed by atoms with Gasteiger partial charge in [0.25, 0.3) is 0 Å². The number of hydrogen-bond acceptors (Lipinski definition) is 1. The fourth-order valence-electron chi connectivity index (χ4n) is 2.12. The van der Waals surface area contributed by atoms with Gasteiger partial charge in [-0.15, -0.1) is 0 Å². The molecular weight excluding hydrogens is 256 g/mol. The number of aryl methyl sites for hydroxylation is 1. The molecule has 3 aromatic rings. The first-order chi connectivity index (χ1) is 9.25. The molecule has 2 nitrogen and oxygen atoms in total. The average molecular weight is 269 g/mol. The van der Waals surface area contributed by atoms with Crippen LogP contribution in [0.1, 0.15) is 5.69 Å². The van der Waals surface area contributed by atoms with Gasteiger partial charge in [-0.1, -0.05) is 54.1 Å². The molecule has 0 aliphatic carbocycles. The van der Waals surface area contributed by atoms with E-state index in [-0.39, 0.29) is 0 Å². The Morgan fingerprint density at radius 3 is 2.37 bits per heavy atom. The first-order valence-corrected chi connectivity index (χ1v) is 6.50. The van der Waals surface area contributed by atoms with E-state index in [9.17, 15) is 0 Å². The molecule has 0 amide bonds. The van der Waals surface area contributed by atoms with Crippen molar-refractivity contribution in [2.45, 2.75) is 6.92 Å². The van der Waals surface area contributed by atoms with Gasteiger partial charge in [-0.3, -0.25) is 0 Å². The zero-order valence-corrected chi connectivity index (χ0v) is 11.3. The molecule has 0 bridgehead atoms. The summed E-state index contributed by atoms with van der Waals surface area (Å²) in [5.41, 5.74) is 4.05. The van der Waals surface area contributed by atoms with Gasteiger partial charge in [0, 0.05) is 5.56 Å². The van der Waals surface area contributed by atoms with Crippen molar-refractivity contribution in [3.63, 3.8) is 0 Å². The summed E-state index contributed by atoms with van der Waals surface area (Å²) in [6.45, 7) is 1.99. The fraction of sp³-hybridized carbons (Fsp3) is 0.0625. The van der Waals surface area contributed by atoms with Gasteiger partial charge in [-0.2, -0.15) is 5.10 Å². The maximum absolute atomic E-state index is 6.27. The molecule has 1 heterocycles. The third kappa shape index (κ3) is 2.27. The molecule has 1 aromatic heterocycles. The molecule has 0 aliphatic rings. The molecule has 0 saturated carbocycles. The van der Waals surface area contributed by atoms with Gasteiger partial charge in [0.1, 0.15) is 0 Å². The highest BCUT2D eigenvalue weighted by molar-refractivity contribution is 6.32. The van der Waals surface area contributed by atoms with E-state index in [1.54, 1.807) is 0 Å². The van der Waals surface area contributed by atoms with Gasteiger partial charge in [-0.25, -0.2) is 4.68 Å². The molecule has 19 heavy (non-hydrogen) atoms. The Morgan fingerprint density at radius 1 is 0.947 bits per heavy atom. The van der Waals surface area contributed by atoms with Crippen LogP contribution in [0.25, 0.3) is 16.9 Å². The summed E-state index contributed by atoms with van der Waals surface area (Å²) in [7, 11) is 0. The topological polar surface area (TPSA) is 17.8 Å². The van der Waals surface area contributed by atoms with Crippen molar-refractivity contribution in [2.75, 3.05) is 0 Å². The van der Waals surface area contributed by atoms with E-state index >= 15 is 0 Å². The number of aromatic nitrogens is 2. The maximum Gasteiger partial charge on any atom is 0.0839 e. The number of rotatable bonds is 2. The third-order valence-electron chi connectivity index (χ3n) is 2.98. The second kappa shape index (κ2) is 4.90. The molecule has 3 heteroatoms. The first kappa shape index (κ1) is 12.0. The minimum Gasteiger partial charge on any atom is -0.231 e. The summed E-state index contributed by atoms with van der Waals surface area (Å²) in [5.74, 6) is 0. The Balaban J connectivity index is 2.21. The summed E-state index contributed by atoms with van der Waals surface area (Å²) >= 11 is 6.27. The van der Waals surface area contributed by atoms with E-state index in [4.69, 9.17) is 11.6 Å². The number of benzene rings is 2. The van der Waals surface area contributed by atoms with Gasteiger partial charge < -0.3 is 0 Å². The van der Waals surface area contributed by atoms with Crippen LogP contribution in [0, 0.1) is 6.92 Å². The summed E-state index contributed by atoms with van der Waals surface area (Å²) in [6, 6.07) is 20.0. The van der Waals surface area contributed by atoms with E-state index < -0.39 is 0 Å². The predicted molar refractivity (Wildman–Crippen MR) is 78.7 cm³/mol. The Labute approximate surface area is 117 Å². The Morgan fingerprint density at radius 2 is 1.63 bits per heavy atom. The van der Waals surface area contributed by atoms with Crippen LogP contribution in [0.2, 0.25) is 5.02 Å². The zero-order valence-electron chi connectivity index (χ0n) is 10.5. The van der Waals surface area contributed by atoms with E-state index in [0.29, 0.717) is 5.02 Å².